The van der Waals surface area contributed by atoms with Crippen molar-refractivity contribution in [3.63, 3.8) is 0 Å². The zero-order valence-corrected chi connectivity index (χ0v) is 11.0. The molecule has 18 heavy (non-hydrogen) atoms. The van der Waals surface area contributed by atoms with Crippen molar-refractivity contribution in [3.8, 4) is 11.8 Å². The summed E-state index contributed by atoms with van der Waals surface area (Å²) in [7, 11) is 0. The van der Waals surface area contributed by atoms with Crippen molar-refractivity contribution in [1.82, 2.24) is 0 Å². The Hall–Kier alpha value is -1.82. The quantitative estimate of drug-likeness (QED) is 0.544. The Kier molecular flexibility index (Phi) is 5.38. The smallest absolute Gasteiger partial charge is 0.153 e. The van der Waals surface area contributed by atoms with Gasteiger partial charge in [0.1, 0.15) is 5.75 Å². The number of carbonyl (C=O) groups excluding carboxylic acids is 1. The Balaban J connectivity index is 2.30. The number of carbonyl (C=O) groups is 1. The van der Waals surface area contributed by atoms with E-state index in [1.807, 2.05) is 26.0 Å². The van der Waals surface area contributed by atoms with Crippen LogP contribution in [0, 0.1) is 16.7 Å². The van der Waals surface area contributed by atoms with Gasteiger partial charge in [-0.15, -0.1) is 0 Å². The first-order chi connectivity index (χ1) is 8.59. The van der Waals surface area contributed by atoms with Crippen LogP contribution in [0.25, 0.3) is 0 Å². The molecule has 1 aromatic rings. The highest BCUT2D eigenvalue weighted by Crippen LogP contribution is 2.22. The van der Waals surface area contributed by atoms with Gasteiger partial charge in [0.15, 0.2) is 6.29 Å². The standard InChI is InChI=1S/C15H19NO2/c1-15(2,12-16)9-5-6-10-18-14-8-4-3-7-13(14)11-17/h3-4,7-8,11H,5-6,9-10H2,1-2H3. The highest BCUT2D eigenvalue weighted by atomic mass is 16.5. The van der Waals surface area contributed by atoms with Crippen LogP contribution >= 0.6 is 0 Å². The van der Waals surface area contributed by atoms with Gasteiger partial charge in [-0.1, -0.05) is 12.1 Å². The number of aldehydes is 1. The molecule has 0 amide bonds. The van der Waals surface area contributed by atoms with Crippen molar-refractivity contribution >= 4 is 6.29 Å². The van der Waals surface area contributed by atoms with E-state index in [0.717, 1.165) is 25.5 Å². The van der Waals surface area contributed by atoms with Gasteiger partial charge in [-0.25, -0.2) is 0 Å². The molecule has 0 aromatic heterocycles. The van der Waals surface area contributed by atoms with Crippen LogP contribution < -0.4 is 4.74 Å². The number of hydrogen-bond donors (Lipinski definition) is 0. The molecular formula is C15H19NO2. The number of nitriles is 1. The first-order valence-electron chi connectivity index (χ1n) is 6.17. The Labute approximate surface area is 108 Å². The topological polar surface area (TPSA) is 50.1 Å². The molecule has 0 fully saturated rings. The maximum absolute atomic E-state index is 10.8. The van der Waals surface area contributed by atoms with Gasteiger partial charge in [-0.3, -0.25) is 4.79 Å². The van der Waals surface area contributed by atoms with E-state index in [0.29, 0.717) is 17.9 Å². The van der Waals surface area contributed by atoms with Crippen molar-refractivity contribution in [1.29, 1.82) is 5.26 Å². The third-order valence-corrected chi connectivity index (χ3v) is 2.80. The third-order valence-electron chi connectivity index (χ3n) is 2.80. The van der Waals surface area contributed by atoms with Crippen molar-refractivity contribution in [2.45, 2.75) is 33.1 Å². The lowest BCUT2D eigenvalue weighted by atomic mass is 9.89. The van der Waals surface area contributed by atoms with Crippen LogP contribution in [-0.2, 0) is 0 Å². The lowest BCUT2D eigenvalue weighted by molar-refractivity contribution is 0.111. The van der Waals surface area contributed by atoms with E-state index < -0.39 is 0 Å². The highest BCUT2D eigenvalue weighted by molar-refractivity contribution is 5.79. The van der Waals surface area contributed by atoms with Gasteiger partial charge >= 0.3 is 0 Å². The summed E-state index contributed by atoms with van der Waals surface area (Å²) in [5.74, 6) is 0.632. The molecule has 0 aliphatic heterocycles. The van der Waals surface area contributed by atoms with Gasteiger partial charge < -0.3 is 4.74 Å². The van der Waals surface area contributed by atoms with Crippen LogP contribution in [-0.4, -0.2) is 12.9 Å². The van der Waals surface area contributed by atoms with Crippen LogP contribution in [0.4, 0.5) is 0 Å². The van der Waals surface area contributed by atoms with Gasteiger partial charge in [0.2, 0.25) is 0 Å². The Morgan fingerprint density at radius 2 is 2.06 bits per heavy atom. The van der Waals surface area contributed by atoms with Crippen molar-refractivity contribution in [3.05, 3.63) is 29.8 Å². The number of hydrogen-bond acceptors (Lipinski definition) is 3. The predicted molar refractivity (Wildman–Crippen MR) is 70.6 cm³/mol. The largest absolute Gasteiger partial charge is 0.493 e. The van der Waals surface area contributed by atoms with Gasteiger partial charge in [0, 0.05) is 0 Å². The van der Waals surface area contributed by atoms with Crippen molar-refractivity contribution in [2.24, 2.45) is 5.41 Å². The van der Waals surface area contributed by atoms with Crippen LogP contribution in [0.15, 0.2) is 24.3 Å². The third kappa shape index (κ3) is 4.58. The molecule has 0 N–H and O–H groups in total. The summed E-state index contributed by atoms with van der Waals surface area (Å²) in [6.07, 6.45) is 3.50. The van der Waals surface area contributed by atoms with Gasteiger partial charge in [-0.05, 0) is 45.2 Å². The number of benzene rings is 1. The minimum atomic E-state index is -0.263. The molecule has 0 saturated carbocycles. The second kappa shape index (κ2) is 6.80. The summed E-state index contributed by atoms with van der Waals surface area (Å²) >= 11 is 0. The first-order valence-corrected chi connectivity index (χ1v) is 6.17. The minimum Gasteiger partial charge on any atom is -0.493 e. The molecule has 3 heteroatoms. The van der Waals surface area contributed by atoms with E-state index in [-0.39, 0.29) is 5.41 Å². The van der Waals surface area contributed by atoms with Gasteiger partial charge in [-0.2, -0.15) is 5.26 Å². The lowest BCUT2D eigenvalue weighted by Gasteiger charge is -2.14. The van der Waals surface area contributed by atoms with Crippen LogP contribution in [0.3, 0.4) is 0 Å². The van der Waals surface area contributed by atoms with Crippen molar-refractivity contribution in [2.75, 3.05) is 6.61 Å². The fourth-order valence-corrected chi connectivity index (χ4v) is 1.62. The van der Waals surface area contributed by atoms with E-state index in [9.17, 15) is 4.79 Å². The summed E-state index contributed by atoms with van der Waals surface area (Å²) in [5.41, 5.74) is 0.315. The number of nitrogens with zero attached hydrogens (tertiary/aromatic N) is 1. The average molecular weight is 245 g/mol. The average Bonchev–Trinajstić information content (AvgIpc) is 2.38. The van der Waals surface area contributed by atoms with Crippen molar-refractivity contribution < 1.29 is 9.53 Å². The number of ether oxygens (including phenoxy) is 1. The fourth-order valence-electron chi connectivity index (χ4n) is 1.62. The predicted octanol–water partition coefficient (Wildman–Crippen LogP) is 3.60. The van der Waals surface area contributed by atoms with Crippen LogP contribution in [0.5, 0.6) is 5.75 Å². The molecule has 0 aliphatic rings. The maximum Gasteiger partial charge on any atom is 0.153 e. The minimum absolute atomic E-state index is 0.263. The molecule has 1 rings (SSSR count). The summed E-state index contributed by atoms with van der Waals surface area (Å²) in [5, 5.41) is 8.88. The molecule has 0 saturated heterocycles. The van der Waals surface area contributed by atoms with Gasteiger partial charge in [0.25, 0.3) is 0 Å². The number of unbranched alkanes of at least 4 members (excludes halogenated alkanes) is 1. The monoisotopic (exact) mass is 245 g/mol. The molecule has 3 nitrogen and oxygen atoms in total. The maximum atomic E-state index is 10.8. The normalized spacial score (nSPS) is 10.7. The molecule has 96 valence electrons. The molecule has 0 unspecified atom stereocenters. The van der Waals surface area contributed by atoms with E-state index in [4.69, 9.17) is 10.00 Å². The van der Waals surface area contributed by atoms with Crippen LogP contribution in [0.2, 0.25) is 0 Å². The zero-order chi connectivity index (χ0) is 13.4. The molecule has 0 bridgehead atoms. The molecule has 0 spiro atoms. The Morgan fingerprint density at radius 3 is 2.72 bits per heavy atom. The SMILES string of the molecule is CC(C)(C#N)CCCCOc1ccccc1C=O. The number of rotatable bonds is 7. The van der Waals surface area contributed by atoms with E-state index in [1.165, 1.54) is 0 Å². The van der Waals surface area contributed by atoms with E-state index >= 15 is 0 Å². The Bertz CT molecular complexity index is 432. The zero-order valence-electron chi connectivity index (χ0n) is 11.0. The second-order valence-corrected chi connectivity index (χ2v) is 4.96. The fraction of sp³-hybridized carbons (Fsp3) is 0.467. The van der Waals surface area contributed by atoms with Gasteiger partial charge in [0.05, 0.1) is 23.7 Å². The summed E-state index contributed by atoms with van der Waals surface area (Å²) < 4.78 is 5.56. The highest BCUT2D eigenvalue weighted by Gasteiger charge is 2.15. The molecule has 0 aliphatic carbocycles. The number of para-hydroxylation sites is 1. The first kappa shape index (κ1) is 14.2. The molecule has 0 atom stereocenters. The molecular weight excluding hydrogens is 226 g/mol. The molecule has 0 heterocycles. The molecule has 0 radical (unpaired) electrons. The van der Waals surface area contributed by atoms with E-state index in [1.54, 1.807) is 12.1 Å². The second-order valence-electron chi connectivity index (χ2n) is 4.96. The Morgan fingerprint density at radius 1 is 1.33 bits per heavy atom. The van der Waals surface area contributed by atoms with Crippen LogP contribution in [0.1, 0.15) is 43.5 Å². The lowest BCUT2D eigenvalue weighted by Crippen LogP contribution is -2.08. The summed E-state index contributed by atoms with van der Waals surface area (Å²) in [4.78, 5) is 10.8. The van der Waals surface area contributed by atoms with E-state index in [2.05, 4.69) is 6.07 Å². The molecule has 1 aromatic carbocycles. The summed E-state index contributed by atoms with van der Waals surface area (Å²) in [6.45, 7) is 4.46. The summed E-state index contributed by atoms with van der Waals surface area (Å²) in [6, 6.07) is 9.47.